The summed E-state index contributed by atoms with van der Waals surface area (Å²) in [6.07, 6.45) is 8.30. The van der Waals surface area contributed by atoms with E-state index in [1.165, 1.54) is 0 Å². The minimum Gasteiger partial charge on any atom is -0.367 e. The second-order valence-electron chi connectivity index (χ2n) is 6.62. The first-order valence-electron chi connectivity index (χ1n) is 9.04. The highest BCUT2D eigenvalue weighted by atomic mass is 35.5. The summed E-state index contributed by atoms with van der Waals surface area (Å²) >= 11 is 6.38. The van der Waals surface area contributed by atoms with E-state index < -0.39 is 0 Å². The van der Waals surface area contributed by atoms with Crippen molar-refractivity contribution in [1.29, 1.82) is 0 Å². The van der Waals surface area contributed by atoms with Crippen LogP contribution in [0.2, 0.25) is 5.02 Å². The second kappa shape index (κ2) is 7.54. The molecule has 0 unspecified atom stereocenters. The van der Waals surface area contributed by atoms with Crippen LogP contribution in [0, 0.1) is 0 Å². The quantitative estimate of drug-likeness (QED) is 0.544. The summed E-state index contributed by atoms with van der Waals surface area (Å²) in [7, 11) is 0. The first kappa shape index (κ1) is 17.8. The zero-order valence-corrected chi connectivity index (χ0v) is 15.5. The fraction of sp³-hybridized carbons (Fsp3) is 0.316. The van der Waals surface area contributed by atoms with E-state index in [2.05, 4.69) is 20.6 Å². The molecule has 1 amide bonds. The number of rotatable bonds is 7. The molecule has 2 heterocycles. The lowest BCUT2D eigenvalue weighted by Gasteiger charge is -2.09. The van der Waals surface area contributed by atoms with Crippen molar-refractivity contribution in [1.82, 2.24) is 19.7 Å². The van der Waals surface area contributed by atoms with Crippen LogP contribution in [-0.2, 0) is 0 Å². The number of nitrogens with two attached hydrogens (primary N) is 1. The third-order valence-corrected chi connectivity index (χ3v) is 4.84. The van der Waals surface area contributed by atoms with Crippen LogP contribution in [0.5, 0.6) is 0 Å². The molecule has 0 bridgehead atoms. The van der Waals surface area contributed by atoms with Gasteiger partial charge in [-0.15, -0.1) is 0 Å². The number of nitrogens with one attached hydrogen (secondary N) is 2. The van der Waals surface area contributed by atoms with Crippen molar-refractivity contribution in [2.45, 2.75) is 25.3 Å². The van der Waals surface area contributed by atoms with Crippen molar-refractivity contribution < 1.29 is 4.79 Å². The van der Waals surface area contributed by atoms with Crippen LogP contribution in [0.1, 0.15) is 29.6 Å². The topological polar surface area (TPSA) is 97.3 Å². The smallest absolute Gasteiger partial charge is 0.253 e. The molecule has 0 radical (unpaired) electrons. The van der Waals surface area contributed by atoms with Gasteiger partial charge in [0.2, 0.25) is 0 Å². The molecule has 0 aliphatic heterocycles. The van der Waals surface area contributed by atoms with Crippen LogP contribution in [0.25, 0.3) is 16.9 Å². The summed E-state index contributed by atoms with van der Waals surface area (Å²) in [5, 5.41) is 6.65. The summed E-state index contributed by atoms with van der Waals surface area (Å²) in [5.41, 5.74) is 8.53. The van der Waals surface area contributed by atoms with Gasteiger partial charge in [-0.3, -0.25) is 9.20 Å². The molecule has 0 spiro atoms. The average Bonchev–Trinajstić information content (AvgIpc) is 3.37. The van der Waals surface area contributed by atoms with Gasteiger partial charge in [-0.05, 0) is 37.9 Å². The highest BCUT2D eigenvalue weighted by Gasteiger charge is 2.24. The fourth-order valence-electron chi connectivity index (χ4n) is 2.92. The van der Waals surface area contributed by atoms with Crippen LogP contribution >= 0.6 is 11.6 Å². The molecule has 1 aliphatic rings. The van der Waals surface area contributed by atoms with Crippen LogP contribution in [-0.4, -0.2) is 39.4 Å². The second-order valence-corrected chi connectivity index (χ2v) is 7.03. The average molecular weight is 385 g/mol. The van der Waals surface area contributed by atoms with E-state index in [0.29, 0.717) is 29.0 Å². The molecule has 4 rings (SSSR count). The predicted molar refractivity (Wildman–Crippen MR) is 106 cm³/mol. The van der Waals surface area contributed by atoms with Gasteiger partial charge in [0.1, 0.15) is 0 Å². The Kier molecular flexibility index (Phi) is 4.96. The molecule has 1 fully saturated rings. The SMILES string of the molecule is NCCCNc1nccn2c(-c3ccc(C(=O)NC4CC4)c(Cl)c3)cnc12. The zero-order valence-electron chi connectivity index (χ0n) is 14.8. The molecule has 140 valence electrons. The van der Waals surface area contributed by atoms with Crippen molar-refractivity contribution in [2.75, 3.05) is 18.4 Å². The normalized spacial score (nSPS) is 13.7. The largest absolute Gasteiger partial charge is 0.367 e. The van der Waals surface area contributed by atoms with Gasteiger partial charge >= 0.3 is 0 Å². The van der Waals surface area contributed by atoms with Gasteiger partial charge in [0.15, 0.2) is 11.5 Å². The molecule has 8 heteroatoms. The lowest BCUT2D eigenvalue weighted by atomic mass is 10.1. The van der Waals surface area contributed by atoms with Gasteiger partial charge in [-0.25, -0.2) is 9.97 Å². The maximum atomic E-state index is 12.3. The molecule has 3 aromatic rings. The van der Waals surface area contributed by atoms with Crippen LogP contribution in [0.4, 0.5) is 5.82 Å². The molecule has 4 N–H and O–H groups in total. The number of anilines is 1. The number of halogens is 1. The summed E-state index contributed by atoms with van der Waals surface area (Å²) < 4.78 is 1.95. The molecule has 27 heavy (non-hydrogen) atoms. The lowest BCUT2D eigenvalue weighted by Crippen LogP contribution is -2.25. The van der Waals surface area contributed by atoms with Crippen LogP contribution in [0.15, 0.2) is 36.8 Å². The van der Waals surface area contributed by atoms with Gasteiger partial charge in [0.05, 0.1) is 22.5 Å². The molecule has 1 saturated carbocycles. The number of amides is 1. The number of imidazole rings is 1. The molecule has 1 aromatic carbocycles. The summed E-state index contributed by atoms with van der Waals surface area (Å²) in [5.74, 6) is 0.589. The maximum Gasteiger partial charge on any atom is 0.253 e. The van der Waals surface area contributed by atoms with E-state index in [1.807, 2.05) is 16.7 Å². The van der Waals surface area contributed by atoms with E-state index in [0.717, 1.165) is 42.7 Å². The van der Waals surface area contributed by atoms with Gasteiger partial charge in [-0.1, -0.05) is 17.7 Å². The highest BCUT2D eigenvalue weighted by Crippen LogP contribution is 2.28. The number of nitrogens with zero attached hydrogens (tertiary/aromatic N) is 3. The third kappa shape index (κ3) is 3.74. The third-order valence-electron chi connectivity index (χ3n) is 4.52. The maximum absolute atomic E-state index is 12.3. The van der Waals surface area contributed by atoms with E-state index in [9.17, 15) is 4.79 Å². The summed E-state index contributed by atoms with van der Waals surface area (Å²) in [6, 6.07) is 5.74. The molecule has 1 aliphatic carbocycles. The number of hydrogen-bond donors (Lipinski definition) is 3. The first-order chi connectivity index (χ1) is 13.2. The number of carbonyl (C=O) groups is 1. The molecule has 2 aromatic heterocycles. The van der Waals surface area contributed by atoms with Crippen molar-refractivity contribution in [3.63, 3.8) is 0 Å². The standard InChI is InChI=1S/C19H21ClN6O/c20-15-10-12(2-5-14(15)19(27)25-13-3-4-13)16-11-24-18-17(22-7-1-6-21)23-8-9-26(16)18/h2,5,8-11,13H,1,3-4,6-7,21H2,(H,22,23)(H,25,27). The minimum atomic E-state index is -0.122. The Bertz CT molecular complexity index is 981. The summed E-state index contributed by atoms with van der Waals surface area (Å²) in [4.78, 5) is 21.1. The van der Waals surface area contributed by atoms with Crippen molar-refractivity contribution in [3.8, 4) is 11.3 Å². The lowest BCUT2D eigenvalue weighted by molar-refractivity contribution is 0.0951. The van der Waals surface area contributed by atoms with Crippen molar-refractivity contribution in [3.05, 3.63) is 47.4 Å². The van der Waals surface area contributed by atoms with E-state index in [-0.39, 0.29) is 5.91 Å². The summed E-state index contributed by atoms with van der Waals surface area (Å²) in [6.45, 7) is 1.36. The predicted octanol–water partition coefficient (Wildman–Crippen LogP) is 2.70. The zero-order chi connectivity index (χ0) is 18.8. The van der Waals surface area contributed by atoms with Crippen LogP contribution in [0.3, 0.4) is 0 Å². The Labute approximate surface area is 161 Å². The van der Waals surface area contributed by atoms with E-state index >= 15 is 0 Å². The van der Waals surface area contributed by atoms with E-state index in [4.69, 9.17) is 17.3 Å². The van der Waals surface area contributed by atoms with Crippen LogP contribution < -0.4 is 16.4 Å². The number of aromatic nitrogens is 3. The highest BCUT2D eigenvalue weighted by molar-refractivity contribution is 6.34. The van der Waals surface area contributed by atoms with Gasteiger partial charge in [0.25, 0.3) is 5.91 Å². The molecule has 7 nitrogen and oxygen atoms in total. The van der Waals surface area contributed by atoms with Crippen molar-refractivity contribution >= 4 is 29.0 Å². The number of benzene rings is 1. The number of hydrogen-bond acceptors (Lipinski definition) is 5. The first-order valence-corrected chi connectivity index (χ1v) is 9.42. The molecule has 0 saturated heterocycles. The van der Waals surface area contributed by atoms with Gasteiger partial charge in [-0.2, -0.15) is 0 Å². The Morgan fingerprint density at radius 2 is 2.19 bits per heavy atom. The Hall–Kier alpha value is -2.64. The van der Waals surface area contributed by atoms with E-state index in [1.54, 1.807) is 24.5 Å². The number of fused-ring (bicyclic) bond motifs is 1. The monoisotopic (exact) mass is 384 g/mol. The Balaban J connectivity index is 1.63. The Morgan fingerprint density at radius 1 is 1.33 bits per heavy atom. The molecular weight excluding hydrogens is 364 g/mol. The Morgan fingerprint density at radius 3 is 2.93 bits per heavy atom. The van der Waals surface area contributed by atoms with Crippen molar-refractivity contribution in [2.24, 2.45) is 5.73 Å². The molecule has 0 atom stereocenters. The fourth-order valence-corrected chi connectivity index (χ4v) is 3.18. The van der Waals surface area contributed by atoms with Gasteiger partial charge < -0.3 is 16.4 Å². The van der Waals surface area contributed by atoms with Gasteiger partial charge in [0, 0.05) is 30.5 Å². The number of carbonyl (C=O) groups excluding carboxylic acids is 1. The minimum absolute atomic E-state index is 0.122. The molecular formula is C19H21ClN6O.